The fourth-order valence-electron chi connectivity index (χ4n) is 3.41. The van der Waals surface area contributed by atoms with Crippen LogP contribution in [0.5, 0.6) is 0 Å². The van der Waals surface area contributed by atoms with E-state index in [0.29, 0.717) is 24.8 Å². The lowest BCUT2D eigenvalue weighted by atomic mass is 9.87. The zero-order valence-corrected chi connectivity index (χ0v) is 14.3. The van der Waals surface area contributed by atoms with E-state index in [-0.39, 0.29) is 11.8 Å². The molecule has 1 fully saturated rings. The Kier molecular flexibility index (Phi) is 4.55. The van der Waals surface area contributed by atoms with Crippen molar-refractivity contribution in [1.29, 1.82) is 0 Å². The van der Waals surface area contributed by atoms with Gasteiger partial charge in [-0.2, -0.15) is 5.10 Å². The number of anilines is 1. The molecular formula is C18H23FN4O. The maximum absolute atomic E-state index is 13.3. The number of likely N-dealkylation sites (tertiary alicyclic amines) is 1. The van der Waals surface area contributed by atoms with Crippen LogP contribution < -0.4 is 5.32 Å². The highest BCUT2D eigenvalue weighted by Crippen LogP contribution is 2.30. The molecule has 5 nitrogen and oxygen atoms in total. The Balaban J connectivity index is 1.60. The maximum atomic E-state index is 13.3. The predicted octanol–water partition coefficient (Wildman–Crippen LogP) is 3.59. The number of carbonyl (C=O) groups excluding carboxylic acids is 1. The van der Waals surface area contributed by atoms with Crippen molar-refractivity contribution in [3.63, 3.8) is 0 Å². The highest BCUT2D eigenvalue weighted by Gasteiger charge is 2.25. The number of nitrogens with zero attached hydrogens (tertiary/aromatic N) is 3. The highest BCUT2D eigenvalue weighted by atomic mass is 19.1. The smallest absolute Gasteiger partial charge is 0.322 e. The summed E-state index contributed by atoms with van der Waals surface area (Å²) in [6.07, 6.45) is 1.79. The van der Waals surface area contributed by atoms with Crippen LogP contribution in [0.1, 0.15) is 35.6 Å². The lowest BCUT2D eigenvalue weighted by Crippen LogP contribution is -2.41. The van der Waals surface area contributed by atoms with E-state index in [1.807, 2.05) is 37.9 Å². The molecule has 0 unspecified atom stereocenters. The van der Waals surface area contributed by atoms with Gasteiger partial charge in [0.1, 0.15) is 11.6 Å². The summed E-state index contributed by atoms with van der Waals surface area (Å²) in [5, 5.41) is 7.14. The summed E-state index contributed by atoms with van der Waals surface area (Å²) < 4.78 is 14.9. The molecule has 1 aliphatic rings. The van der Waals surface area contributed by atoms with Crippen molar-refractivity contribution >= 4 is 11.8 Å². The number of carbonyl (C=O) groups is 1. The van der Waals surface area contributed by atoms with E-state index < -0.39 is 0 Å². The minimum Gasteiger partial charge on any atom is -0.324 e. The number of nitrogens with one attached hydrogen (secondary N) is 1. The molecule has 6 heteroatoms. The third-order valence-corrected chi connectivity index (χ3v) is 4.69. The Hall–Kier alpha value is -2.37. The lowest BCUT2D eigenvalue weighted by molar-refractivity contribution is 0.194. The molecular weight excluding hydrogens is 307 g/mol. The number of urea groups is 1. The largest absolute Gasteiger partial charge is 0.324 e. The molecule has 0 saturated carbocycles. The Morgan fingerprint density at radius 1 is 1.25 bits per heavy atom. The molecule has 0 bridgehead atoms. The van der Waals surface area contributed by atoms with Crippen LogP contribution >= 0.6 is 0 Å². The number of halogens is 1. The molecule has 1 N–H and O–H groups in total. The molecule has 2 aromatic rings. The quantitative estimate of drug-likeness (QED) is 0.915. The van der Waals surface area contributed by atoms with E-state index in [9.17, 15) is 9.18 Å². The first-order valence-electron chi connectivity index (χ1n) is 8.26. The van der Waals surface area contributed by atoms with Crippen molar-refractivity contribution in [1.82, 2.24) is 14.7 Å². The van der Waals surface area contributed by atoms with Crippen LogP contribution in [0.3, 0.4) is 0 Å². The second-order valence-electron chi connectivity index (χ2n) is 6.49. The van der Waals surface area contributed by atoms with E-state index in [1.165, 1.54) is 11.6 Å². The van der Waals surface area contributed by atoms with Crippen LogP contribution in [0.2, 0.25) is 0 Å². The number of hydrogen-bond donors (Lipinski definition) is 1. The number of aromatic nitrogens is 2. The second kappa shape index (κ2) is 6.63. The Morgan fingerprint density at radius 2 is 1.96 bits per heavy atom. The van der Waals surface area contributed by atoms with Gasteiger partial charge in [0.2, 0.25) is 0 Å². The molecule has 0 radical (unpaired) electrons. The monoisotopic (exact) mass is 330 g/mol. The summed E-state index contributed by atoms with van der Waals surface area (Å²) in [7, 11) is 1.81. The summed E-state index contributed by atoms with van der Waals surface area (Å²) in [4.78, 5) is 14.2. The number of piperidine rings is 1. The van der Waals surface area contributed by atoms with Crippen molar-refractivity contribution < 1.29 is 9.18 Å². The summed E-state index contributed by atoms with van der Waals surface area (Å²) in [5.74, 6) is 0.891. The van der Waals surface area contributed by atoms with Crippen LogP contribution in [-0.2, 0) is 7.05 Å². The van der Waals surface area contributed by atoms with E-state index >= 15 is 0 Å². The zero-order chi connectivity index (χ0) is 17.3. The van der Waals surface area contributed by atoms with E-state index in [0.717, 1.165) is 24.1 Å². The molecule has 2 heterocycles. The number of hydrogen-bond acceptors (Lipinski definition) is 2. The third kappa shape index (κ3) is 3.42. The first-order valence-corrected chi connectivity index (χ1v) is 8.26. The molecule has 24 heavy (non-hydrogen) atoms. The summed E-state index contributed by atoms with van der Waals surface area (Å²) in [6, 6.07) is 6.74. The van der Waals surface area contributed by atoms with Gasteiger partial charge in [0, 0.05) is 26.2 Å². The molecule has 1 aromatic heterocycles. The van der Waals surface area contributed by atoms with Crippen molar-refractivity contribution in [2.75, 3.05) is 18.4 Å². The van der Waals surface area contributed by atoms with Gasteiger partial charge in [0.05, 0.1) is 5.69 Å². The van der Waals surface area contributed by atoms with Crippen molar-refractivity contribution in [2.24, 2.45) is 7.05 Å². The van der Waals surface area contributed by atoms with Gasteiger partial charge >= 0.3 is 6.03 Å². The number of amides is 2. The molecule has 3 rings (SSSR count). The summed E-state index contributed by atoms with van der Waals surface area (Å²) >= 11 is 0. The van der Waals surface area contributed by atoms with E-state index in [1.54, 1.807) is 10.7 Å². The van der Waals surface area contributed by atoms with Gasteiger partial charge in [-0.25, -0.2) is 9.18 Å². The molecule has 0 atom stereocenters. The van der Waals surface area contributed by atoms with Gasteiger partial charge in [0.25, 0.3) is 0 Å². The Morgan fingerprint density at radius 3 is 2.54 bits per heavy atom. The average molecular weight is 330 g/mol. The Bertz CT molecular complexity index is 747. The molecule has 128 valence electrons. The molecule has 1 saturated heterocycles. The number of rotatable bonds is 2. The van der Waals surface area contributed by atoms with Gasteiger partial charge in [-0.15, -0.1) is 0 Å². The van der Waals surface area contributed by atoms with Crippen molar-refractivity contribution in [3.8, 4) is 0 Å². The van der Waals surface area contributed by atoms with Crippen LogP contribution in [0.4, 0.5) is 15.0 Å². The molecule has 0 aliphatic carbocycles. The van der Waals surface area contributed by atoms with Crippen LogP contribution in [0.25, 0.3) is 0 Å². The predicted molar refractivity (Wildman–Crippen MR) is 91.6 cm³/mol. The first-order chi connectivity index (χ1) is 11.4. The topological polar surface area (TPSA) is 50.2 Å². The van der Waals surface area contributed by atoms with Crippen LogP contribution in [-0.4, -0.2) is 33.8 Å². The van der Waals surface area contributed by atoms with E-state index in [2.05, 4.69) is 10.4 Å². The number of benzene rings is 1. The summed E-state index contributed by atoms with van der Waals surface area (Å²) in [5.41, 5.74) is 3.06. The van der Waals surface area contributed by atoms with Gasteiger partial charge in [0.15, 0.2) is 0 Å². The lowest BCUT2D eigenvalue weighted by Gasteiger charge is -2.32. The minimum atomic E-state index is -0.195. The third-order valence-electron chi connectivity index (χ3n) is 4.69. The van der Waals surface area contributed by atoms with E-state index in [4.69, 9.17) is 0 Å². The normalized spacial score (nSPS) is 15.6. The fourth-order valence-corrected chi connectivity index (χ4v) is 3.41. The summed E-state index contributed by atoms with van der Waals surface area (Å²) in [6.45, 7) is 5.24. The standard InChI is InChI=1S/C18H23FN4O/c1-12-10-15(19)4-5-16(12)14-6-8-23(9-7-14)18(24)20-17-11-13(2)21-22(17)3/h4-5,10-11,14H,6-9H2,1-3H3,(H,20,24). The van der Waals surface area contributed by atoms with Crippen LogP contribution in [0, 0.1) is 19.7 Å². The van der Waals surface area contributed by atoms with Crippen molar-refractivity contribution in [3.05, 3.63) is 46.9 Å². The molecule has 1 aromatic carbocycles. The first kappa shape index (κ1) is 16.5. The second-order valence-corrected chi connectivity index (χ2v) is 6.49. The Labute approximate surface area is 141 Å². The fraction of sp³-hybridized carbons (Fsp3) is 0.444. The average Bonchev–Trinajstić information content (AvgIpc) is 2.85. The van der Waals surface area contributed by atoms with Crippen molar-refractivity contribution in [2.45, 2.75) is 32.6 Å². The van der Waals surface area contributed by atoms with Gasteiger partial charge in [-0.05, 0) is 55.9 Å². The highest BCUT2D eigenvalue weighted by molar-refractivity contribution is 5.88. The minimum absolute atomic E-state index is 0.0905. The maximum Gasteiger partial charge on any atom is 0.322 e. The number of aryl methyl sites for hydroxylation is 3. The zero-order valence-electron chi connectivity index (χ0n) is 14.3. The van der Waals surface area contributed by atoms with Gasteiger partial charge in [-0.3, -0.25) is 10.00 Å². The van der Waals surface area contributed by atoms with Gasteiger partial charge in [-0.1, -0.05) is 6.07 Å². The molecule has 0 spiro atoms. The van der Waals surface area contributed by atoms with Crippen LogP contribution in [0.15, 0.2) is 24.3 Å². The molecule has 1 aliphatic heterocycles. The van der Waals surface area contributed by atoms with Gasteiger partial charge < -0.3 is 4.90 Å². The molecule has 2 amide bonds. The SMILES string of the molecule is Cc1cc(NC(=O)N2CCC(c3ccc(F)cc3C)CC2)n(C)n1.